The molecule has 0 saturated carbocycles. The summed E-state index contributed by atoms with van der Waals surface area (Å²) >= 11 is 0. The lowest BCUT2D eigenvalue weighted by Gasteiger charge is -2.24. The number of amides is 1. The van der Waals surface area contributed by atoms with Crippen molar-refractivity contribution in [2.24, 2.45) is 7.05 Å². The summed E-state index contributed by atoms with van der Waals surface area (Å²) in [6.45, 7) is 4.49. The third-order valence-electron chi connectivity index (χ3n) is 5.40. The predicted molar refractivity (Wildman–Crippen MR) is 113 cm³/mol. The topological polar surface area (TPSA) is 81.8 Å². The van der Waals surface area contributed by atoms with E-state index in [4.69, 9.17) is 0 Å². The third kappa shape index (κ3) is 3.40. The smallest absolute Gasteiger partial charge is 0.264 e. The zero-order valence-corrected chi connectivity index (χ0v) is 16.7. The van der Waals surface area contributed by atoms with Gasteiger partial charge in [0.15, 0.2) is 5.65 Å². The van der Waals surface area contributed by atoms with E-state index < -0.39 is 5.41 Å². The van der Waals surface area contributed by atoms with Gasteiger partial charge in [-0.1, -0.05) is 42.5 Å². The minimum atomic E-state index is -0.694. The molecule has 2 aromatic heterocycles. The molecule has 0 aliphatic carbocycles. The van der Waals surface area contributed by atoms with Crippen LogP contribution in [0.25, 0.3) is 21.8 Å². The van der Waals surface area contributed by atoms with Gasteiger partial charge < -0.3 is 5.32 Å². The van der Waals surface area contributed by atoms with Crippen molar-refractivity contribution in [1.82, 2.24) is 24.6 Å². The number of fused-ring (bicyclic) bond motifs is 2. The number of aromatic nitrogens is 4. The second-order valence-corrected chi connectivity index (χ2v) is 7.69. The Morgan fingerprint density at radius 1 is 1.14 bits per heavy atom. The standard InChI is InChI=1S/C22H23N5O2/c1-22(2,17-9-8-15-6-4-5-7-16(15)12-17)21(29)23-10-11-27-14-24-19-18(20(27)28)13-25-26(19)3/h4-9,12-14H,10-11H2,1-3H3,(H,23,29). The minimum Gasteiger partial charge on any atom is -0.354 e. The van der Waals surface area contributed by atoms with Gasteiger partial charge in [-0.2, -0.15) is 5.10 Å². The van der Waals surface area contributed by atoms with Gasteiger partial charge in [0.1, 0.15) is 11.7 Å². The molecule has 0 fully saturated rings. The first-order valence-electron chi connectivity index (χ1n) is 9.52. The number of hydrogen-bond acceptors (Lipinski definition) is 4. The van der Waals surface area contributed by atoms with E-state index in [-0.39, 0.29) is 11.5 Å². The van der Waals surface area contributed by atoms with Crippen molar-refractivity contribution in [2.75, 3.05) is 6.54 Å². The lowest BCUT2D eigenvalue weighted by molar-refractivity contribution is -0.125. The monoisotopic (exact) mass is 389 g/mol. The zero-order chi connectivity index (χ0) is 20.6. The number of benzene rings is 2. The normalized spacial score (nSPS) is 11.8. The lowest BCUT2D eigenvalue weighted by atomic mass is 9.82. The number of rotatable bonds is 5. The van der Waals surface area contributed by atoms with Crippen LogP contribution >= 0.6 is 0 Å². The number of aryl methyl sites for hydroxylation is 1. The molecule has 0 aliphatic rings. The average Bonchev–Trinajstić information content (AvgIpc) is 3.10. The van der Waals surface area contributed by atoms with Gasteiger partial charge in [0.25, 0.3) is 5.56 Å². The summed E-state index contributed by atoms with van der Waals surface area (Å²) in [5.41, 5.74) is 0.642. The molecule has 0 radical (unpaired) electrons. The van der Waals surface area contributed by atoms with E-state index in [0.29, 0.717) is 24.1 Å². The highest BCUT2D eigenvalue weighted by molar-refractivity contribution is 5.90. The molecule has 0 aliphatic heterocycles. The Hall–Kier alpha value is -3.48. The van der Waals surface area contributed by atoms with Gasteiger partial charge in [-0.25, -0.2) is 4.98 Å². The number of carbonyl (C=O) groups excluding carboxylic acids is 1. The van der Waals surface area contributed by atoms with Crippen molar-refractivity contribution in [3.05, 3.63) is 70.9 Å². The van der Waals surface area contributed by atoms with Crippen LogP contribution < -0.4 is 10.9 Å². The Kier molecular flexibility index (Phi) is 4.66. The van der Waals surface area contributed by atoms with Crippen molar-refractivity contribution in [2.45, 2.75) is 25.8 Å². The Morgan fingerprint density at radius 2 is 1.90 bits per heavy atom. The van der Waals surface area contributed by atoms with Gasteiger partial charge in [0.2, 0.25) is 5.91 Å². The molecule has 4 aromatic rings. The van der Waals surface area contributed by atoms with Gasteiger partial charge in [-0.3, -0.25) is 18.8 Å². The van der Waals surface area contributed by atoms with Crippen molar-refractivity contribution >= 4 is 27.7 Å². The Balaban J connectivity index is 1.47. The molecule has 0 atom stereocenters. The molecule has 29 heavy (non-hydrogen) atoms. The molecular formula is C22H23N5O2. The van der Waals surface area contributed by atoms with E-state index in [0.717, 1.165) is 16.3 Å². The summed E-state index contributed by atoms with van der Waals surface area (Å²) in [6, 6.07) is 14.2. The fraction of sp³-hybridized carbons (Fsp3) is 0.273. The second-order valence-electron chi connectivity index (χ2n) is 7.69. The lowest BCUT2D eigenvalue weighted by Crippen LogP contribution is -2.42. The Labute approximate surface area is 168 Å². The molecule has 7 nitrogen and oxygen atoms in total. The van der Waals surface area contributed by atoms with Crippen LogP contribution in [-0.4, -0.2) is 31.8 Å². The van der Waals surface area contributed by atoms with Gasteiger partial charge >= 0.3 is 0 Å². The van der Waals surface area contributed by atoms with Gasteiger partial charge in [-0.15, -0.1) is 0 Å². The van der Waals surface area contributed by atoms with Crippen LogP contribution in [0.15, 0.2) is 59.8 Å². The van der Waals surface area contributed by atoms with Crippen LogP contribution in [0.1, 0.15) is 19.4 Å². The van der Waals surface area contributed by atoms with Crippen LogP contribution in [0.2, 0.25) is 0 Å². The zero-order valence-electron chi connectivity index (χ0n) is 16.7. The molecule has 7 heteroatoms. The van der Waals surface area contributed by atoms with E-state index in [9.17, 15) is 9.59 Å². The van der Waals surface area contributed by atoms with Crippen LogP contribution in [-0.2, 0) is 23.8 Å². The van der Waals surface area contributed by atoms with Crippen LogP contribution in [0, 0.1) is 0 Å². The highest BCUT2D eigenvalue weighted by Crippen LogP contribution is 2.27. The SMILES string of the molecule is Cn1ncc2c(=O)n(CCNC(=O)C(C)(C)c3ccc4ccccc4c3)cnc21. The summed E-state index contributed by atoms with van der Waals surface area (Å²) in [5.74, 6) is -0.0868. The maximum Gasteiger partial charge on any atom is 0.264 e. The van der Waals surface area contributed by atoms with E-state index in [1.165, 1.54) is 17.1 Å². The summed E-state index contributed by atoms with van der Waals surface area (Å²) < 4.78 is 3.06. The molecular weight excluding hydrogens is 366 g/mol. The molecule has 0 unspecified atom stereocenters. The Bertz CT molecular complexity index is 1270. The van der Waals surface area contributed by atoms with Crippen molar-refractivity contribution < 1.29 is 4.79 Å². The average molecular weight is 389 g/mol. The maximum atomic E-state index is 12.9. The first kappa shape index (κ1) is 18.9. The quantitative estimate of drug-likeness (QED) is 0.568. The number of nitrogens with one attached hydrogen (secondary N) is 1. The fourth-order valence-corrected chi connectivity index (χ4v) is 3.45. The van der Waals surface area contributed by atoms with E-state index in [1.807, 2.05) is 44.2 Å². The number of nitrogens with zero attached hydrogens (tertiary/aromatic N) is 4. The Morgan fingerprint density at radius 3 is 2.69 bits per heavy atom. The maximum absolute atomic E-state index is 12.9. The highest BCUT2D eigenvalue weighted by atomic mass is 16.2. The summed E-state index contributed by atoms with van der Waals surface area (Å²) in [7, 11) is 1.74. The molecule has 0 bridgehead atoms. The molecule has 4 rings (SSSR count). The largest absolute Gasteiger partial charge is 0.354 e. The first-order chi connectivity index (χ1) is 13.9. The van der Waals surface area contributed by atoms with Gasteiger partial charge in [0, 0.05) is 20.1 Å². The molecule has 148 valence electrons. The van der Waals surface area contributed by atoms with Crippen molar-refractivity contribution in [3.63, 3.8) is 0 Å². The summed E-state index contributed by atoms with van der Waals surface area (Å²) in [4.78, 5) is 29.7. The van der Waals surface area contributed by atoms with E-state index in [2.05, 4.69) is 27.5 Å². The van der Waals surface area contributed by atoms with Crippen molar-refractivity contribution in [1.29, 1.82) is 0 Å². The molecule has 2 aromatic carbocycles. The third-order valence-corrected chi connectivity index (χ3v) is 5.40. The first-order valence-corrected chi connectivity index (χ1v) is 9.52. The summed E-state index contributed by atoms with van der Waals surface area (Å²) in [5, 5.41) is 9.73. The van der Waals surface area contributed by atoms with E-state index in [1.54, 1.807) is 11.7 Å². The van der Waals surface area contributed by atoms with Crippen LogP contribution in [0.5, 0.6) is 0 Å². The summed E-state index contributed by atoms with van der Waals surface area (Å²) in [6.07, 6.45) is 3.01. The minimum absolute atomic E-state index is 0.0868. The van der Waals surface area contributed by atoms with Crippen molar-refractivity contribution in [3.8, 4) is 0 Å². The fourth-order valence-electron chi connectivity index (χ4n) is 3.45. The van der Waals surface area contributed by atoms with Crippen LogP contribution in [0.3, 0.4) is 0 Å². The van der Waals surface area contributed by atoms with Crippen LogP contribution in [0.4, 0.5) is 0 Å². The number of carbonyl (C=O) groups is 1. The molecule has 0 saturated heterocycles. The van der Waals surface area contributed by atoms with Gasteiger partial charge in [0.05, 0.1) is 11.6 Å². The molecule has 1 amide bonds. The highest BCUT2D eigenvalue weighted by Gasteiger charge is 2.29. The van der Waals surface area contributed by atoms with E-state index >= 15 is 0 Å². The second kappa shape index (κ2) is 7.16. The molecule has 0 spiro atoms. The van der Waals surface area contributed by atoms with Gasteiger partial charge in [-0.05, 0) is 30.2 Å². The number of hydrogen-bond donors (Lipinski definition) is 1. The molecule has 2 heterocycles. The molecule has 1 N–H and O–H groups in total. The predicted octanol–water partition coefficient (Wildman–Crippen LogP) is 2.38.